The highest BCUT2D eigenvalue weighted by Crippen LogP contribution is 2.23. The van der Waals surface area contributed by atoms with Crippen molar-refractivity contribution in [2.75, 3.05) is 11.9 Å². The lowest BCUT2D eigenvalue weighted by Gasteiger charge is -2.14. The normalized spacial score (nSPS) is 12.4. The number of hydrogen-bond acceptors (Lipinski definition) is 5. The molecule has 1 atom stereocenters. The number of aliphatic hydroxyl groups is 1. The Labute approximate surface area is 118 Å². The first-order valence-corrected chi connectivity index (χ1v) is 6.59. The molecule has 19 heavy (non-hydrogen) atoms. The summed E-state index contributed by atoms with van der Waals surface area (Å²) in [4.78, 5) is 11.9. The van der Waals surface area contributed by atoms with E-state index in [0.717, 1.165) is 5.76 Å². The van der Waals surface area contributed by atoms with Crippen molar-refractivity contribution in [2.45, 2.75) is 19.5 Å². The van der Waals surface area contributed by atoms with Crippen LogP contribution in [0, 0.1) is 0 Å². The second-order valence-corrected chi connectivity index (χ2v) is 4.80. The second-order valence-electron chi connectivity index (χ2n) is 4.01. The largest absolute Gasteiger partial charge is 0.467 e. The van der Waals surface area contributed by atoms with Crippen LogP contribution < -0.4 is 10.9 Å². The van der Waals surface area contributed by atoms with E-state index in [4.69, 9.17) is 9.52 Å². The molecule has 0 radical (unpaired) electrons. The molecule has 0 saturated carbocycles. The molecule has 7 heteroatoms. The minimum atomic E-state index is -0.286. The lowest BCUT2D eigenvalue weighted by atomic mass is 10.2. The molecule has 0 aromatic carbocycles. The van der Waals surface area contributed by atoms with Crippen LogP contribution in [-0.4, -0.2) is 21.5 Å². The van der Waals surface area contributed by atoms with Gasteiger partial charge >= 0.3 is 0 Å². The average Bonchev–Trinajstić information content (AvgIpc) is 2.92. The van der Waals surface area contributed by atoms with Crippen molar-refractivity contribution >= 4 is 21.6 Å². The number of aliphatic hydroxyl groups excluding tert-OH is 1. The van der Waals surface area contributed by atoms with E-state index in [1.807, 2.05) is 13.0 Å². The zero-order chi connectivity index (χ0) is 13.8. The number of rotatable bonds is 5. The number of furan rings is 1. The van der Waals surface area contributed by atoms with Gasteiger partial charge in [0.15, 0.2) is 0 Å². The fourth-order valence-electron chi connectivity index (χ4n) is 1.66. The summed E-state index contributed by atoms with van der Waals surface area (Å²) in [5, 5.41) is 16.0. The zero-order valence-corrected chi connectivity index (χ0v) is 11.9. The molecule has 2 N–H and O–H groups in total. The molecule has 0 bridgehead atoms. The zero-order valence-electron chi connectivity index (χ0n) is 10.3. The van der Waals surface area contributed by atoms with Crippen LogP contribution in [0.4, 0.5) is 5.69 Å². The Kier molecular flexibility index (Phi) is 4.39. The Morgan fingerprint density at radius 1 is 1.63 bits per heavy atom. The lowest BCUT2D eigenvalue weighted by molar-refractivity contribution is 0.266. The number of nitrogens with one attached hydrogen (secondary N) is 1. The van der Waals surface area contributed by atoms with Gasteiger partial charge in [0.25, 0.3) is 5.56 Å². The number of halogens is 1. The fourth-order valence-corrected chi connectivity index (χ4v) is 2.08. The Morgan fingerprint density at radius 3 is 3.05 bits per heavy atom. The van der Waals surface area contributed by atoms with Crippen molar-refractivity contribution in [1.29, 1.82) is 0 Å². The summed E-state index contributed by atoms with van der Waals surface area (Å²) in [5.74, 6) is 0.770. The third-order valence-electron chi connectivity index (χ3n) is 2.64. The van der Waals surface area contributed by atoms with Gasteiger partial charge in [0.2, 0.25) is 0 Å². The van der Waals surface area contributed by atoms with Crippen molar-refractivity contribution in [3.05, 3.63) is 45.2 Å². The molecule has 2 rings (SSSR count). The van der Waals surface area contributed by atoms with E-state index in [9.17, 15) is 4.79 Å². The first-order valence-electron chi connectivity index (χ1n) is 5.80. The van der Waals surface area contributed by atoms with Gasteiger partial charge in [-0.3, -0.25) is 4.79 Å². The number of hydrogen-bond donors (Lipinski definition) is 2. The van der Waals surface area contributed by atoms with Gasteiger partial charge in [-0.15, -0.1) is 0 Å². The molecule has 1 unspecified atom stereocenters. The summed E-state index contributed by atoms with van der Waals surface area (Å²) in [6.07, 6.45) is 3.14. The third kappa shape index (κ3) is 3.05. The highest BCUT2D eigenvalue weighted by Gasteiger charge is 2.13. The summed E-state index contributed by atoms with van der Waals surface area (Å²) in [5.41, 5.74) is 0.300. The average molecular weight is 328 g/mol. The van der Waals surface area contributed by atoms with Gasteiger partial charge < -0.3 is 14.8 Å². The smallest absolute Gasteiger partial charge is 0.283 e. The van der Waals surface area contributed by atoms with E-state index in [2.05, 4.69) is 26.3 Å². The summed E-state index contributed by atoms with van der Waals surface area (Å²) >= 11 is 3.24. The molecule has 2 heterocycles. The monoisotopic (exact) mass is 327 g/mol. The minimum Gasteiger partial charge on any atom is -0.467 e. The second kappa shape index (κ2) is 6.03. The number of anilines is 1. The highest BCUT2D eigenvalue weighted by molar-refractivity contribution is 9.10. The summed E-state index contributed by atoms with van der Waals surface area (Å²) in [7, 11) is 0. The Bertz CT molecular complexity index is 595. The summed E-state index contributed by atoms with van der Waals surface area (Å²) in [6.45, 7) is 1.96. The van der Waals surface area contributed by atoms with Crippen molar-refractivity contribution in [3.63, 3.8) is 0 Å². The molecule has 2 aromatic heterocycles. The molecule has 0 aliphatic heterocycles. The number of nitrogens with zero attached hydrogens (tertiary/aromatic N) is 2. The quantitative estimate of drug-likeness (QED) is 0.874. The van der Waals surface area contributed by atoms with Crippen molar-refractivity contribution < 1.29 is 9.52 Å². The topological polar surface area (TPSA) is 80.3 Å². The first kappa shape index (κ1) is 13.8. The van der Waals surface area contributed by atoms with Crippen molar-refractivity contribution in [2.24, 2.45) is 0 Å². The highest BCUT2D eigenvalue weighted by atomic mass is 79.9. The maximum Gasteiger partial charge on any atom is 0.283 e. The van der Waals surface area contributed by atoms with Crippen LogP contribution in [0.3, 0.4) is 0 Å². The van der Waals surface area contributed by atoms with Gasteiger partial charge in [-0.1, -0.05) is 0 Å². The molecule has 6 nitrogen and oxygen atoms in total. The van der Waals surface area contributed by atoms with E-state index in [0.29, 0.717) is 10.2 Å². The predicted molar refractivity (Wildman–Crippen MR) is 74.0 cm³/mol. The molecule has 0 saturated heterocycles. The SMILES string of the molecule is CC(Nc1cnn(CCO)c(=O)c1Br)c1ccco1. The van der Waals surface area contributed by atoms with Crippen molar-refractivity contribution in [1.82, 2.24) is 9.78 Å². The van der Waals surface area contributed by atoms with Crippen LogP contribution in [0.25, 0.3) is 0 Å². The Morgan fingerprint density at radius 2 is 2.42 bits per heavy atom. The van der Waals surface area contributed by atoms with Crippen LogP contribution in [0.1, 0.15) is 18.7 Å². The summed E-state index contributed by atoms with van der Waals surface area (Å²) < 4.78 is 6.87. The molecule has 0 amide bonds. The fraction of sp³-hybridized carbons (Fsp3) is 0.333. The van der Waals surface area contributed by atoms with Gasteiger partial charge in [-0.05, 0) is 35.0 Å². The predicted octanol–water partition coefficient (Wildman–Crippen LogP) is 1.76. The van der Waals surface area contributed by atoms with Crippen LogP contribution >= 0.6 is 15.9 Å². The van der Waals surface area contributed by atoms with Gasteiger partial charge in [-0.2, -0.15) is 5.10 Å². The number of aromatic nitrogens is 2. The molecular weight excluding hydrogens is 314 g/mol. The molecule has 0 aliphatic rings. The standard InChI is InChI=1S/C12H14BrN3O3/c1-8(10-3-2-6-19-10)15-9-7-14-16(4-5-17)12(18)11(9)13/h2-3,6-8,15,17H,4-5H2,1H3. The van der Waals surface area contributed by atoms with Crippen LogP contribution in [0.2, 0.25) is 0 Å². The lowest BCUT2D eigenvalue weighted by Crippen LogP contribution is -2.26. The maximum absolute atomic E-state index is 11.9. The molecule has 0 fully saturated rings. The minimum absolute atomic E-state index is 0.0822. The molecule has 102 valence electrons. The first-order chi connectivity index (χ1) is 9.13. The molecule has 0 aliphatic carbocycles. The van der Waals surface area contributed by atoms with E-state index >= 15 is 0 Å². The van der Waals surface area contributed by atoms with Gasteiger partial charge in [-0.25, -0.2) is 4.68 Å². The van der Waals surface area contributed by atoms with Crippen LogP contribution in [0.5, 0.6) is 0 Å². The van der Waals surface area contributed by atoms with Crippen LogP contribution in [-0.2, 0) is 6.54 Å². The van der Waals surface area contributed by atoms with E-state index < -0.39 is 0 Å². The molecule has 0 spiro atoms. The van der Waals surface area contributed by atoms with Crippen LogP contribution in [0.15, 0.2) is 38.3 Å². The summed E-state index contributed by atoms with van der Waals surface area (Å²) in [6, 6.07) is 3.58. The molecular formula is C12H14BrN3O3. The molecule has 2 aromatic rings. The third-order valence-corrected chi connectivity index (χ3v) is 3.41. The van der Waals surface area contributed by atoms with Crippen molar-refractivity contribution in [3.8, 4) is 0 Å². The maximum atomic E-state index is 11.9. The van der Waals surface area contributed by atoms with E-state index in [1.165, 1.54) is 4.68 Å². The Hall–Kier alpha value is -1.60. The van der Waals surface area contributed by atoms with E-state index in [-0.39, 0.29) is 24.8 Å². The Balaban J connectivity index is 2.22. The van der Waals surface area contributed by atoms with Gasteiger partial charge in [0.1, 0.15) is 10.2 Å². The van der Waals surface area contributed by atoms with E-state index in [1.54, 1.807) is 18.5 Å². The van der Waals surface area contributed by atoms with Gasteiger partial charge in [0.05, 0.1) is 37.3 Å². The van der Waals surface area contributed by atoms with Gasteiger partial charge in [0, 0.05) is 0 Å².